The van der Waals surface area contributed by atoms with E-state index in [-0.39, 0.29) is 0 Å². The standard InChI is InChI=1S/C44H36N4/c45-28-29-10-12-33(13-11-29)34-14-16-37(17-15-34)42-46-41(36-6-2-1-3-7-36)47-43(48-42)40-9-5-4-8-39(40)35-18-20-38(21-19-35)44-25-30-22-31(26-44)24-32(23-30)27-44/h1-21,30-32H,22-27H2. The Labute approximate surface area is 282 Å². The highest BCUT2D eigenvalue weighted by Crippen LogP contribution is 2.60. The first-order valence-corrected chi connectivity index (χ1v) is 17.3. The van der Waals surface area contributed by atoms with E-state index in [4.69, 9.17) is 15.0 Å². The van der Waals surface area contributed by atoms with Crippen molar-refractivity contribution in [1.82, 2.24) is 15.0 Å². The van der Waals surface area contributed by atoms with E-state index in [2.05, 4.69) is 78.9 Å². The molecule has 4 bridgehead atoms. The summed E-state index contributed by atoms with van der Waals surface area (Å²) < 4.78 is 0. The summed E-state index contributed by atoms with van der Waals surface area (Å²) in [6.07, 6.45) is 8.51. The second kappa shape index (κ2) is 11.7. The minimum Gasteiger partial charge on any atom is -0.208 e. The average Bonchev–Trinajstić information content (AvgIpc) is 3.15. The van der Waals surface area contributed by atoms with Crippen LogP contribution in [-0.2, 0) is 5.41 Å². The van der Waals surface area contributed by atoms with Gasteiger partial charge in [-0.15, -0.1) is 0 Å². The van der Waals surface area contributed by atoms with E-state index in [0.29, 0.717) is 28.5 Å². The SMILES string of the molecule is N#Cc1ccc(-c2ccc(-c3nc(-c4ccccc4)nc(-c4ccccc4-c4ccc(C56CC7CC(CC(C7)C5)C6)cc4)n3)cc2)cc1. The number of nitrogens with zero attached hydrogens (tertiary/aromatic N) is 4. The number of hydrogen-bond acceptors (Lipinski definition) is 4. The minimum absolute atomic E-state index is 0.385. The molecule has 232 valence electrons. The second-order valence-electron chi connectivity index (χ2n) is 14.3. The van der Waals surface area contributed by atoms with Crippen molar-refractivity contribution in [3.05, 3.63) is 139 Å². The summed E-state index contributed by atoms with van der Waals surface area (Å²) in [5.74, 6) is 4.74. The molecule has 0 radical (unpaired) electrons. The lowest BCUT2D eigenvalue weighted by atomic mass is 9.48. The lowest BCUT2D eigenvalue weighted by Gasteiger charge is -2.57. The summed E-state index contributed by atoms with van der Waals surface area (Å²) in [4.78, 5) is 15.1. The Bertz CT molecular complexity index is 2110. The molecular weight excluding hydrogens is 585 g/mol. The molecule has 4 saturated carbocycles. The van der Waals surface area contributed by atoms with Gasteiger partial charge < -0.3 is 0 Å². The van der Waals surface area contributed by atoms with E-state index in [1.807, 2.05) is 54.6 Å². The highest BCUT2D eigenvalue weighted by atomic mass is 15.0. The molecule has 0 unspecified atom stereocenters. The van der Waals surface area contributed by atoms with Crippen LogP contribution in [0.2, 0.25) is 0 Å². The smallest absolute Gasteiger partial charge is 0.164 e. The van der Waals surface area contributed by atoms with Crippen LogP contribution in [0.3, 0.4) is 0 Å². The molecule has 4 aliphatic carbocycles. The highest BCUT2D eigenvalue weighted by Gasteiger charge is 2.51. The molecule has 0 atom stereocenters. The first-order chi connectivity index (χ1) is 23.6. The van der Waals surface area contributed by atoms with Crippen molar-refractivity contribution in [2.75, 3.05) is 0 Å². The number of hydrogen-bond donors (Lipinski definition) is 0. The van der Waals surface area contributed by atoms with Crippen molar-refractivity contribution < 1.29 is 0 Å². The van der Waals surface area contributed by atoms with Crippen LogP contribution >= 0.6 is 0 Å². The zero-order chi connectivity index (χ0) is 32.1. The fraction of sp³-hybridized carbons (Fsp3) is 0.227. The summed E-state index contributed by atoms with van der Waals surface area (Å²) in [6, 6.07) is 46.3. The van der Waals surface area contributed by atoms with Crippen molar-refractivity contribution in [3.63, 3.8) is 0 Å². The zero-order valence-electron chi connectivity index (χ0n) is 26.9. The molecule has 4 nitrogen and oxygen atoms in total. The largest absolute Gasteiger partial charge is 0.208 e. The van der Waals surface area contributed by atoms with E-state index in [1.54, 1.807) is 5.56 Å². The first kappa shape index (κ1) is 28.8. The summed E-state index contributed by atoms with van der Waals surface area (Å²) in [5, 5.41) is 9.18. The van der Waals surface area contributed by atoms with Gasteiger partial charge in [0.05, 0.1) is 11.6 Å². The van der Waals surface area contributed by atoms with Gasteiger partial charge in [-0.3, -0.25) is 0 Å². The molecule has 0 N–H and O–H groups in total. The Morgan fingerprint density at radius 1 is 0.458 bits per heavy atom. The van der Waals surface area contributed by atoms with Gasteiger partial charge in [-0.25, -0.2) is 15.0 Å². The molecule has 0 spiro atoms. The average molecular weight is 621 g/mol. The lowest BCUT2D eigenvalue weighted by Crippen LogP contribution is -2.48. The van der Waals surface area contributed by atoms with Gasteiger partial charge in [0, 0.05) is 16.7 Å². The highest BCUT2D eigenvalue weighted by molar-refractivity contribution is 5.82. The fourth-order valence-corrected chi connectivity index (χ4v) is 9.29. The molecule has 1 heterocycles. The third kappa shape index (κ3) is 5.20. The van der Waals surface area contributed by atoms with Gasteiger partial charge >= 0.3 is 0 Å². The minimum atomic E-state index is 0.385. The molecule has 4 aliphatic rings. The summed E-state index contributed by atoms with van der Waals surface area (Å²) >= 11 is 0. The molecular formula is C44H36N4. The van der Waals surface area contributed by atoms with Gasteiger partial charge in [0.1, 0.15) is 0 Å². The summed E-state index contributed by atoms with van der Waals surface area (Å²) in [7, 11) is 0. The van der Waals surface area contributed by atoms with Crippen LogP contribution in [0.4, 0.5) is 0 Å². The maximum absolute atomic E-state index is 9.18. The van der Waals surface area contributed by atoms with Crippen LogP contribution in [0.25, 0.3) is 56.4 Å². The van der Waals surface area contributed by atoms with Crippen molar-refractivity contribution in [2.45, 2.75) is 43.9 Å². The molecule has 0 aliphatic heterocycles. The number of benzene rings is 5. The molecule has 5 aromatic carbocycles. The van der Waals surface area contributed by atoms with Crippen LogP contribution < -0.4 is 0 Å². The Morgan fingerprint density at radius 2 is 0.917 bits per heavy atom. The number of nitriles is 1. The van der Waals surface area contributed by atoms with Crippen LogP contribution in [0.5, 0.6) is 0 Å². The second-order valence-corrected chi connectivity index (χ2v) is 14.3. The molecule has 0 saturated heterocycles. The molecule has 10 rings (SSSR count). The van der Waals surface area contributed by atoms with Crippen molar-refractivity contribution in [1.29, 1.82) is 5.26 Å². The zero-order valence-corrected chi connectivity index (χ0v) is 26.9. The van der Waals surface area contributed by atoms with E-state index < -0.39 is 0 Å². The predicted octanol–water partition coefficient (Wildman–Crippen LogP) is 10.5. The van der Waals surface area contributed by atoms with Crippen LogP contribution in [-0.4, -0.2) is 15.0 Å². The quantitative estimate of drug-likeness (QED) is 0.186. The summed E-state index contributed by atoms with van der Waals surface area (Å²) in [6.45, 7) is 0. The third-order valence-corrected chi connectivity index (χ3v) is 11.2. The molecule has 6 aromatic rings. The van der Waals surface area contributed by atoms with Crippen molar-refractivity contribution in [2.24, 2.45) is 17.8 Å². The number of rotatable bonds is 6. The summed E-state index contributed by atoms with van der Waals surface area (Å²) in [5.41, 5.74) is 9.90. The first-order valence-electron chi connectivity index (χ1n) is 17.3. The van der Waals surface area contributed by atoms with Crippen LogP contribution in [0, 0.1) is 29.1 Å². The van der Waals surface area contributed by atoms with Gasteiger partial charge in [0.15, 0.2) is 17.5 Å². The van der Waals surface area contributed by atoms with E-state index in [0.717, 1.165) is 51.1 Å². The van der Waals surface area contributed by atoms with E-state index >= 15 is 0 Å². The topological polar surface area (TPSA) is 62.5 Å². The van der Waals surface area contributed by atoms with E-state index in [1.165, 1.54) is 44.1 Å². The van der Waals surface area contributed by atoms with Crippen LogP contribution in [0.15, 0.2) is 127 Å². The molecule has 0 amide bonds. The lowest BCUT2D eigenvalue weighted by molar-refractivity contribution is -0.00518. The van der Waals surface area contributed by atoms with Gasteiger partial charge in [0.2, 0.25) is 0 Å². The normalized spacial score (nSPS) is 22.4. The van der Waals surface area contributed by atoms with Crippen molar-refractivity contribution >= 4 is 0 Å². The Morgan fingerprint density at radius 3 is 1.50 bits per heavy atom. The molecule has 4 heteroatoms. The fourth-order valence-electron chi connectivity index (χ4n) is 9.29. The molecule has 4 fully saturated rings. The van der Waals surface area contributed by atoms with E-state index in [9.17, 15) is 5.26 Å². The predicted molar refractivity (Wildman–Crippen MR) is 192 cm³/mol. The molecule has 1 aromatic heterocycles. The maximum Gasteiger partial charge on any atom is 0.164 e. The Kier molecular flexibility index (Phi) is 7.01. The Balaban J connectivity index is 1.09. The monoisotopic (exact) mass is 620 g/mol. The van der Waals surface area contributed by atoms with Gasteiger partial charge in [-0.2, -0.15) is 5.26 Å². The maximum atomic E-state index is 9.18. The van der Waals surface area contributed by atoms with Crippen LogP contribution in [0.1, 0.15) is 49.7 Å². The number of aromatic nitrogens is 3. The third-order valence-electron chi connectivity index (χ3n) is 11.2. The van der Waals surface area contributed by atoms with Crippen molar-refractivity contribution in [3.8, 4) is 62.5 Å². The Hall–Kier alpha value is -5.40. The van der Waals surface area contributed by atoms with Gasteiger partial charge in [-0.05, 0) is 102 Å². The van der Waals surface area contributed by atoms with Gasteiger partial charge in [0.25, 0.3) is 0 Å². The van der Waals surface area contributed by atoms with Gasteiger partial charge in [-0.1, -0.05) is 115 Å². The molecule has 48 heavy (non-hydrogen) atoms.